The Morgan fingerprint density at radius 2 is 1.72 bits per heavy atom. The molecule has 0 spiro atoms. The topological polar surface area (TPSA) is 57.9 Å². The number of hydrogen-bond acceptors (Lipinski definition) is 5. The van der Waals surface area contributed by atoms with Gasteiger partial charge in [-0.1, -0.05) is 39.2 Å². The number of fused-ring (bicyclic) bond motifs is 7. The summed E-state index contributed by atoms with van der Waals surface area (Å²) in [6.45, 7) is 9.85. The summed E-state index contributed by atoms with van der Waals surface area (Å²) >= 11 is 0. The van der Waals surface area contributed by atoms with E-state index in [4.69, 9.17) is 18.9 Å². The molecule has 0 fully saturated rings. The molecule has 186 valence electrons. The van der Waals surface area contributed by atoms with Gasteiger partial charge in [0.15, 0.2) is 35.3 Å². The Kier molecular flexibility index (Phi) is 5.82. The van der Waals surface area contributed by atoms with Crippen LogP contribution in [0.15, 0.2) is 30.8 Å². The zero-order chi connectivity index (χ0) is 24.8. The molecule has 3 aromatic rings. The van der Waals surface area contributed by atoms with Crippen LogP contribution in [0, 0.1) is 6.92 Å². The quantitative estimate of drug-likeness (QED) is 0.220. The van der Waals surface area contributed by atoms with Crippen molar-refractivity contribution in [1.29, 1.82) is 0 Å². The van der Waals surface area contributed by atoms with Gasteiger partial charge in [0.05, 0.1) is 11.1 Å². The lowest BCUT2D eigenvalue weighted by Gasteiger charge is -2.22. The number of ketones is 1. The molecule has 0 radical (unpaired) electrons. The Bertz CT molecular complexity index is 1410. The van der Waals surface area contributed by atoms with Gasteiger partial charge in [0.25, 0.3) is 0 Å². The summed E-state index contributed by atoms with van der Waals surface area (Å²) in [6, 6.07) is 8.21. The fourth-order valence-electron chi connectivity index (χ4n) is 5.80. The van der Waals surface area contributed by atoms with Crippen molar-refractivity contribution in [3.05, 3.63) is 47.7 Å². The number of ether oxygens (including phenoxy) is 4. The second-order valence-electron chi connectivity index (χ2n) is 9.87. The van der Waals surface area contributed by atoms with E-state index in [0.717, 1.165) is 70.6 Å². The number of carbonyl (C=O) groups excluding carboxylic acids is 1. The first-order chi connectivity index (χ1) is 17.6. The Morgan fingerprint density at radius 3 is 2.56 bits per heavy atom. The molecule has 0 aliphatic carbocycles. The van der Waals surface area contributed by atoms with E-state index in [1.54, 1.807) is 0 Å². The number of hydrogen-bond donors (Lipinski definition) is 0. The lowest BCUT2D eigenvalue weighted by Crippen LogP contribution is -2.45. The molecule has 0 amide bonds. The largest absolute Gasteiger partial charge is 0.454 e. The molecule has 3 aliphatic heterocycles. The summed E-state index contributed by atoms with van der Waals surface area (Å²) in [6.07, 6.45) is 6.86. The molecule has 6 heteroatoms. The van der Waals surface area contributed by atoms with E-state index in [2.05, 4.69) is 43.2 Å². The molecular formula is C30H32NO5+. The van der Waals surface area contributed by atoms with Gasteiger partial charge < -0.3 is 18.9 Å². The van der Waals surface area contributed by atoms with E-state index in [0.29, 0.717) is 23.5 Å². The number of unbranched alkanes of at least 4 members (excludes halogenated alkanes) is 4. The molecule has 36 heavy (non-hydrogen) atoms. The molecule has 4 heterocycles. The van der Waals surface area contributed by atoms with Crippen LogP contribution >= 0.6 is 0 Å². The van der Waals surface area contributed by atoms with E-state index < -0.39 is 0 Å². The minimum atomic E-state index is 0.0966. The number of pyridine rings is 1. The predicted molar refractivity (Wildman–Crippen MR) is 138 cm³/mol. The second kappa shape index (κ2) is 9.16. The van der Waals surface area contributed by atoms with Gasteiger partial charge in [0, 0.05) is 23.8 Å². The standard InChI is InChI=1S/C30H32NO5/c1-4-5-6-7-8-9-23(32)19(3)29-27-21(10-11-24-30(27)36-17-33-24)18(2)28-22-15-26-25(34-16-35-26)14-20(22)12-13-31(28)29/h10-11,14-15H,3-9,12-13,16-17H2,1-2H3/q+1. The van der Waals surface area contributed by atoms with Crippen molar-refractivity contribution in [2.24, 2.45) is 0 Å². The highest BCUT2D eigenvalue weighted by Crippen LogP contribution is 2.46. The Labute approximate surface area is 211 Å². The summed E-state index contributed by atoms with van der Waals surface area (Å²) in [7, 11) is 0. The molecule has 1 aromatic heterocycles. The number of carbonyl (C=O) groups is 1. The molecule has 0 bridgehead atoms. The van der Waals surface area contributed by atoms with Crippen LogP contribution in [-0.4, -0.2) is 19.4 Å². The third-order valence-corrected chi connectivity index (χ3v) is 7.66. The summed E-state index contributed by atoms with van der Waals surface area (Å²) in [5, 5.41) is 1.96. The zero-order valence-corrected chi connectivity index (χ0v) is 21.1. The van der Waals surface area contributed by atoms with Gasteiger partial charge in [0.1, 0.15) is 5.39 Å². The highest BCUT2D eigenvalue weighted by molar-refractivity contribution is 6.22. The monoisotopic (exact) mass is 486 g/mol. The maximum absolute atomic E-state index is 13.5. The number of rotatable bonds is 8. The fourth-order valence-corrected chi connectivity index (χ4v) is 5.80. The molecule has 0 saturated heterocycles. The average Bonchev–Trinajstić information content (AvgIpc) is 3.56. The van der Waals surface area contributed by atoms with Crippen molar-refractivity contribution in [3.63, 3.8) is 0 Å². The average molecular weight is 487 g/mol. The lowest BCUT2D eigenvalue weighted by atomic mass is 9.88. The smallest absolute Gasteiger partial charge is 0.231 e. The SMILES string of the molecule is C=C(C(=O)CCCCCCC)c1c2c3c(ccc2c(C)c2[n+]1CCc1cc4c(cc1-2)OCO4)OCO3. The molecule has 0 N–H and O–H groups in total. The van der Waals surface area contributed by atoms with Crippen molar-refractivity contribution in [1.82, 2.24) is 0 Å². The summed E-state index contributed by atoms with van der Waals surface area (Å²) in [4.78, 5) is 13.5. The van der Waals surface area contributed by atoms with Crippen molar-refractivity contribution >= 4 is 22.1 Å². The van der Waals surface area contributed by atoms with Crippen LogP contribution in [0.5, 0.6) is 23.0 Å². The lowest BCUT2D eigenvalue weighted by molar-refractivity contribution is -0.688. The molecule has 0 unspecified atom stereocenters. The molecular weight excluding hydrogens is 454 g/mol. The molecule has 0 atom stereocenters. The van der Waals surface area contributed by atoms with Crippen molar-refractivity contribution in [3.8, 4) is 34.3 Å². The number of allylic oxidation sites excluding steroid dienone is 1. The number of aromatic nitrogens is 1. The predicted octanol–water partition coefficient (Wildman–Crippen LogP) is 6.06. The van der Waals surface area contributed by atoms with Crippen molar-refractivity contribution in [2.45, 2.75) is 65.3 Å². The maximum Gasteiger partial charge on any atom is 0.231 e. The normalized spacial score (nSPS) is 14.6. The van der Waals surface area contributed by atoms with Crippen LogP contribution < -0.4 is 23.5 Å². The van der Waals surface area contributed by atoms with Gasteiger partial charge in [-0.15, -0.1) is 0 Å². The number of benzene rings is 2. The first kappa shape index (κ1) is 22.9. The van der Waals surface area contributed by atoms with Crippen LogP contribution in [-0.2, 0) is 17.8 Å². The Balaban J connectivity index is 1.51. The van der Waals surface area contributed by atoms with Gasteiger partial charge in [-0.05, 0) is 43.2 Å². The van der Waals surface area contributed by atoms with Gasteiger partial charge >= 0.3 is 0 Å². The highest BCUT2D eigenvalue weighted by atomic mass is 16.7. The Hall–Kier alpha value is -3.54. The van der Waals surface area contributed by atoms with Gasteiger partial charge in [0.2, 0.25) is 25.0 Å². The van der Waals surface area contributed by atoms with E-state index in [-0.39, 0.29) is 19.4 Å². The minimum Gasteiger partial charge on any atom is -0.454 e. The van der Waals surface area contributed by atoms with Gasteiger partial charge in [-0.25, -0.2) is 0 Å². The first-order valence-corrected chi connectivity index (χ1v) is 13.0. The van der Waals surface area contributed by atoms with Crippen molar-refractivity contribution in [2.75, 3.05) is 13.6 Å². The van der Waals surface area contributed by atoms with Gasteiger partial charge in [-0.3, -0.25) is 4.79 Å². The van der Waals surface area contributed by atoms with Crippen LogP contribution in [0.25, 0.3) is 27.6 Å². The number of nitrogens with zero attached hydrogens (tertiary/aromatic N) is 1. The fraction of sp³-hybridized carbons (Fsp3) is 0.400. The molecule has 0 saturated carbocycles. The molecule has 2 aromatic carbocycles. The van der Waals surface area contributed by atoms with Crippen molar-refractivity contribution < 1.29 is 28.3 Å². The minimum absolute atomic E-state index is 0.0966. The van der Waals surface area contributed by atoms with E-state index in [1.807, 2.05) is 6.07 Å². The zero-order valence-electron chi connectivity index (χ0n) is 21.1. The van der Waals surface area contributed by atoms with Crippen LogP contribution in [0.4, 0.5) is 0 Å². The van der Waals surface area contributed by atoms with E-state index in [9.17, 15) is 4.79 Å². The maximum atomic E-state index is 13.5. The van der Waals surface area contributed by atoms with Crippen LogP contribution in [0.2, 0.25) is 0 Å². The van der Waals surface area contributed by atoms with Crippen LogP contribution in [0.3, 0.4) is 0 Å². The number of aryl methyl sites for hydroxylation is 2. The molecule has 6 rings (SSSR count). The van der Waals surface area contributed by atoms with Gasteiger partial charge in [-0.2, -0.15) is 4.57 Å². The second-order valence-corrected chi connectivity index (χ2v) is 9.87. The third-order valence-electron chi connectivity index (χ3n) is 7.66. The van der Waals surface area contributed by atoms with E-state index >= 15 is 0 Å². The Morgan fingerprint density at radius 1 is 0.972 bits per heavy atom. The molecule has 3 aliphatic rings. The van der Waals surface area contributed by atoms with E-state index in [1.165, 1.54) is 24.8 Å². The molecule has 6 nitrogen and oxygen atoms in total. The van der Waals surface area contributed by atoms with Crippen LogP contribution in [0.1, 0.15) is 62.3 Å². The highest BCUT2D eigenvalue weighted by Gasteiger charge is 2.37. The summed E-state index contributed by atoms with van der Waals surface area (Å²) < 4.78 is 25.3. The summed E-state index contributed by atoms with van der Waals surface area (Å²) in [5.74, 6) is 3.07. The first-order valence-electron chi connectivity index (χ1n) is 13.0. The number of Topliss-reactive ketones (excluding diaryl/α,β-unsaturated/α-hetero) is 1. The summed E-state index contributed by atoms with van der Waals surface area (Å²) in [5.41, 5.74) is 5.95. The third kappa shape index (κ3) is 3.62.